The molecule has 13 nitrogen and oxygen atoms in total. The lowest BCUT2D eigenvalue weighted by molar-refractivity contribution is 0.135. The second-order valence-corrected chi connectivity index (χ2v) is 7.89. The molecule has 206 valence electrons. The van der Waals surface area contributed by atoms with Crippen LogP contribution in [0.15, 0.2) is 65.5 Å². The summed E-state index contributed by atoms with van der Waals surface area (Å²) in [6.07, 6.45) is -0.490. The highest BCUT2D eigenvalue weighted by Gasteiger charge is 2.14. The molecule has 1 aliphatic rings. The first-order valence-electron chi connectivity index (χ1n) is 11.0. The average Bonchev–Trinajstić information content (AvgIpc) is 3.35. The molecule has 1 saturated heterocycles. The van der Waals surface area contributed by atoms with Gasteiger partial charge in [-0.1, -0.05) is 45.0 Å². The van der Waals surface area contributed by atoms with E-state index in [9.17, 15) is 0 Å². The Hall–Kier alpha value is -4.23. The van der Waals surface area contributed by atoms with Gasteiger partial charge in [-0.15, -0.1) is 10.2 Å². The number of likely N-dealkylation sites (N-methyl/N-ethyl adjacent to an activating group) is 1. The van der Waals surface area contributed by atoms with Gasteiger partial charge in [0.15, 0.2) is 0 Å². The van der Waals surface area contributed by atoms with Crippen LogP contribution in [0.1, 0.15) is 20.8 Å². The van der Waals surface area contributed by atoms with Gasteiger partial charge in [0.25, 0.3) is 0 Å². The molecule has 0 aliphatic carbocycles. The fourth-order valence-electron chi connectivity index (χ4n) is 2.46. The molecule has 0 spiro atoms. The molecule has 0 radical (unpaired) electrons. The molecule has 1 aliphatic heterocycles. The van der Waals surface area contributed by atoms with E-state index in [-0.39, 0.29) is 6.15 Å². The molecule has 1 aromatic carbocycles. The van der Waals surface area contributed by atoms with Crippen LogP contribution >= 0.6 is 0 Å². The number of anilines is 1. The third kappa shape index (κ3) is 20.8. The highest BCUT2D eigenvalue weighted by Crippen LogP contribution is 2.14. The van der Waals surface area contributed by atoms with Gasteiger partial charge in [-0.05, 0) is 37.2 Å². The van der Waals surface area contributed by atoms with Crippen molar-refractivity contribution < 1.29 is 34.4 Å². The molecule has 4 rings (SSSR count). The first kappa shape index (κ1) is 34.9. The summed E-state index contributed by atoms with van der Waals surface area (Å²) in [4.78, 5) is 26.1. The van der Waals surface area contributed by atoms with Crippen LogP contribution in [0.3, 0.4) is 0 Å². The van der Waals surface area contributed by atoms with E-state index in [1.807, 2.05) is 48.7 Å². The van der Waals surface area contributed by atoms with Crippen molar-refractivity contribution in [1.29, 1.82) is 0 Å². The highest BCUT2D eigenvalue weighted by atomic mass is 16.6. The number of carbonyl (C=O) groups is 2. The Kier molecular flexibility index (Phi) is 19.9. The molecule has 0 bridgehead atoms. The van der Waals surface area contributed by atoms with Crippen molar-refractivity contribution in [1.82, 2.24) is 26.2 Å². The Morgan fingerprint density at radius 2 is 1.35 bits per heavy atom. The van der Waals surface area contributed by atoms with Crippen LogP contribution in [0.4, 0.5) is 15.4 Å². The van der Waals surface area contributed by atoms with Crippen LogP contribution in [0, 0.1) is 5.92 Å². The van der Waals surface area contributed by atoms with Crippen LogP contribution < -0.4 is 11.1 Å². The Morgan fingerprint density at radius 1 is 0.865 bits per heavy atom. The van der Waals surface area contributed by atoms with Gasteiger partial charge in [-0.3, -0.25) is 0 Å². The molecule has 1 fully saturated rings. The quantitative estimate of drug-likeness (QED) is 0.305. The van der Waals surface area contributed by atoms with Crippen molar-refractivity contribution in [2.75, 3.05) is 38.1 Å². The van der Waals surface area contributed by atoms with Crippen molar-refractivity contribution in [2.24, 2.45) is 5.92 Å². The monoisotopic (exact) mass is 522 g/mol. The minimum Gasteiger partial charge on any atom is -0.450 e. The fraction of sp³-hybridized carbons (Fsp3) is 0.375. The Balaban J connectivity index is 0. The molecule has 3 aromatic rings. The largest absolute Gasteiger partial charge is 0.503 e. The van der Waals surface area contributed by atoms with Crippen LogP contribution in [0.25, 0.3) is 11.5 Å². The predicted molar refractivity (Wildman–Crippen MR) is 141 cm³/mol. The van der Waals surface area contributed by atoms with Gasteiger partial charge in [0.2, 0.25) is 12.3 Å². The maximum atomic E-state index is 8.56. The van der Waals surface area contributed by atoms with Crippen molar-refractivity contribution in [2.45, 2.75) is 20.8 Å². The van der Waals surface area contributed by atoms with Crippen molar-refractivity contribution in [3.05, 3.63) is 61.1 Å². The van der Waals surface area contributed by atoms with Gasteiger partial charge in [-0.25, -0.2) is 14.6 Å². The molecule has 7 N–H and O–H groups in total. The lowest BCUT2D eigenvalue weighted by Crippen LogP contribution is -2.44. The van der Waals surface area contributed by atoms with Gasteiger partial charge < -0.3 is 40.8 Å². The van der Waals surface area contributed by atoms with Crippen molar-refractivity contribution in [3.63, 3.8) is 0 Å². The molecular formula is C24H38N6O7. The predicted octanol–water partition coefficient (Wildman–Crippen LogP) is 4.84. The SMILES string of the molecule is CC(C)C.CN1CCN(c2ccccn2)CC1.N.O=C(O)O.O=C(O)O.c1ccc(-c2nnco2)cc1. The van der Waals surface area contributed by atoms with E-state index < -0.39 is 12.3 Å². The summed E-state index contributed by atoms with van der Waals surface area (Å²) in [5, 5.41) is 35.2. The molecular weight excluding hydrogens is 484 g/mol. The van der Waals surface area contributed by atoms with Gasteiger partial charge in [0.05, 0.1) is 0 Å². The summed E-state index contributed by atoms with van der Waals surface area (Å²) >= 11 is 0. The van der Waals surface area contributed by atoms with Gasteiger partial charge in [-0.2, -0.15) is 0 Å². The zero-order valence-corrected chi connectivity index (χ0v) is 21.6. The number of hydrogen-bond acceptors (Lipinski definition) is 9. The first-order chi connectivity index (χ1) is 17.0. The number of nitrogens with zero attached hydrogens (tertiary/aromatic N) is 5. The molecule has 0 saturated carbocycles. The van der Waals surface area contributed by atoms with E-state index in [0.717, 1.165) is 43.5 Å². The Morgan fingerprint density at radius 3 is 1.76 bits per heavy atom. The van der Waals surface area contributed by atoms with Crippen LogP contribution in [-0.2, 0) is 0 Å². The summed E-state index contributed by atoms with van der Waals surface area (Å²) in [5.74, 6) is 2.50. The average molecular weight is 523 g/mol. The lowest BCUT2D eigenvalue weighted by atomic mass is 10.2. The minimum absolute atomic E-state index is 0. The van der Waals surface area contributed by atoms with Crippen molar-refractivity contribution >= 4 is 18.1 Å². The number of piperazine rings is 1. The van der Waals surface area contributed by atoms with E-state index in [1.165, 1.54) is 6.39 Å². The number of rotatable bonds is 2. The summed E-state index contributed by atoms with van der Waals surface area (Å²) < 4.78 is 5.00. The summed E-state index contributed by atoms with van der Waals surface area (Å²) in [7, 11) is 2.16. The van der Waals surface area contributed by atoms with Gasteiger partial charge >= 0.3 is 12.3 Å². The Labute approximate surface area is 216 Å². The summed E-state index contributed by atoms with van der Waals surface area (Å²) in [5.41, 5.74) is 0.949. The van der Waals surface area contributed by atoms with E-state index in [1.54, 1.807) is 0 Å². The number of carboxylic acid groups (broad SMARTS) is 4. The second-order valence-electron chi connectivity index (χ2n) is 7.89. The molecule has 0 unspecified atom stereocenters. The minimum atomic E-state index is -1.83. The standard InChI is InChI=1S/C10H15N3.C8H6N2O.C4H10.2CH2O3.H3N/c1-12-6-8-13(9-7-12)10-4-2-3-5-11-10;1-2-4-7(5-3-1)8-10-9-6-11-8;1-4(2)3;2*2-1(3)4;/h2-5H,6-9H2,1H3;1-6H;4H,1-3H3;2*(H2,2,3,4);1H3. The topological polar surface area (TPSA) is 208 Å². The molecule has 13 heteroatoms. The van der Waals surface area contributed by atoms with E-state index in [2.05, 4.69) is 58.9 Å². The third-order valence-corrected chi connectivity index (χ3v) is 3.86. The van der Waals surface area contributed by atoms with Crippen LogP contribution in [0.5, 0.6) is 0 Å². The number of pyridine rings is 1. The molecule has 2 aromatic heterocycles. The highest BCUT2D eigenvalue weighted by molar-refractivity contribution is 5.53. The molecule has 37 heavy (non-hydrogen) atoms. The van der Waals surface area contributed by atoms with Crippen LogP contribution in [0.2, 0.25) is 0 Å². The number of aromatic nitrogens is 3. The van der Waals surface area contributed by atoms with E-state index in [0.29, 0.717) is 5.89 Å². The fourth-order valence-corrected chi connectivity index (χ4v) is 2.46. The van der Waals surface area contributed by atoms with E-state index >= 15 is 0 Å². The van der Waals surface area contributed by atoms with Crippen LogP contribution in [-0.4, -0.2) is 86.0 Å². The summed E-state index contributed by atoms with van der Waals surface area (Å²) in [6, 6.07) is 15.7. The van der Waals surface area contributed by atoms with Gasteiger partial charge in [0, 0.05) is 37.9 Å². The molecule has 3 heterocycles. The van der Waals surface area contributed by atoms with Crippen molar-refractivity contribution in [3.8, 4) is 11.5 Å². The molecule has 0 atom stereocenters. The zero-order chi connectivity index (χ0) is 27.3. The number of benzene rings is 1. The normalized spacial score (nSPS) is 11.9. The lowest BCUT2D eigenvalue weighted by Gasteiger charge is -2.33. The van der Waals surface area contributed by atoms with Gasteiger partial charge in [0.1, 0.15) is 5.82 Å². The van der Waals surface area contributed by atoms with E-state index in [4.69, 9.17) is 34.4 Å². The second kappa shape index (κ2) is 21.1. The zero-order valence-electron chi connectivity index (χ0n) is 21.6. The first-order valence-corrected chi connectivity index (χ1v) is 11.0. The summed E-state index contributed by atoms with van der Waals surface area (Å²) in [6.45, 7) is 11.0. The maximum absolute atomic E-state index is 8.56. The molecule has 0 amide bonds. The smallest absolute Gasteiger partial charge is 0.450 e. The Bertz CT molecular complexity index is 914. The number of hydrogen-bond donors (Lipinski definition) is 5. The third-order valence-electron chi connectivity index (χ3n) is 3.86. The maximum Gasteiger partial charge on any atom is 0.503 e.